The van der Waals surface area contributed by atoms with Crippen LogP contribution in [0.2, 0.25) is 0 Å². The number of rotatable bonds is 3. The van der Waals surface area contributed by atoms with E-state index in [4.69, 9.17) is 10.5 Å². The van der Waals surface area contributed by atoms with Crippen molar-refractivity contribution < 1.29 is 13.9 Å². The predicted molar refractivity (Wildman–Crippen MR) is 164 cm³/mol. The highest BCUT2D eigenvalue weighted by Gasteiger charge is 2.68. The van der Waals surface area contributed by atoms with Crippen LogP contribution >= 0.6 is 0 Å². The van der Waals surface area contributed by atoms with E-state index in [1.807, 2.05) is 6.07 Å². The molecule has 10 atom stereocenters. The number of hydrogen-bond acceptors (Lipinski definition) is 3. The molecule has 0 heterocycles. The second kappa shape index (κ2) is 9.53. The minimum atomic E-state index is -0.627. The van der Waals surface area contributed by atoms with Gasteiger partial charge in [-0.15, -0.1) is 0 Å². The summed E-state index contributed by atoms with van der Waals surface area (Å²) >= 11 is 0. The molecule has 1 aromatic carbocycles. The van der Waals surface area contributed by atoms with Gasteiger partial charge in [-0.2, -0.15) is 0 Å². The number of benzene rings is 1. The number of esters is 1. The third-order valence-corrected chi connectivity index (χ3v) is 14.3. The maximum atomic E-state index is 15.0. The van der Waals surface area contributed by atoms with Gasteiger partial charge in [-0.05, 0) is 139 Å². The number of fused-ring (bicyclic) bond motifs is 7. The van der Waals surface area contributed by atoms with Gasteiger partial charge >= 0.3 is 5.97 Å². The maximum Gasteiger partial charge on any atom is 0.340 e. The van der Waals surface area contributed by atoms with Crippen molar-refractivity contribution in [3.8, 4) is 0 Å². The molecular formula is C37H52FNO2. The molecule has 4 heteroatoms. The molecule has 4 fully saturated rings. The lowest BCUT2D eigenvalue weighted by atomic mass is 9.33. The Balaban J connectivity index is 1.35. The zero-order valence-corrected chi connectivity index (χ0v) is 26.5. The van der Waals surface area contributed by atoms with Crippen molar-refractivity contribution in [2.75, 3.05) is 7.11 Å². The number of allylic oxidation sites excluding steroid dienone is 3. The predicted octanol–water partition coefficient (Wildman–Crippen LogP) is 8.83. The molecule has 0 aromatic heterocycles. The number of nitrogens with two attached hydrogens (primary N) is 1. The molecule has 0 radical (unpaired) electrons. The first kappa shape index (κ1) is 29.1. The van der Waals surface area contributed by atoms with Crippen LogP contribution in [0.25, 0.3) is 5.57 Å². The van der Waals surface area contributed by atoms with E-state index in [9.17, 15) is 4.79 Å². The number of halogens is 1. The third-order valence-electron chi connectivity index (χ3n) is 14.3. The van der Waals surface area contributed by atoms with Crippen LogP contribution in [0.1, 0.15) is 109 Å². The molecule has 5 aliphatic rings. The highest BCUT2D eigenvalue weighted by Crippen LogP contribution is 2.76. The van der Waals surface area contributed by atoms with Crippen molar-refractivity contribution in [3.05, 3.63) is 53.4 Å². The van der Waals surface area contributed by atoms with Gasteiger partial charge in [-0.3, -0.25) is 0 Å². The van der Waals surface area contributed by atoms with Gasteiger partial charge in [-0.25, -0.2) is 9.18 Å². The fraction of sp³-hybridized carbons (Fsp3) is 0.703. The van der Waals surface area contributed by atoms with Gasteiger partial charge < -0.3 is 10.5 Å². The largest absolute Gasteiger partial charge is 0.465 e. The zero-order chi connectivity index (χ0) is 29.7. The summed E-state index contributed by atoms with van der Waals surface area (Å²) in [5.74, 6) is 2.73. The fourth-order valence-corrected chi connectivity index (χ4v) is 12.3. The SMILES string of the molecule is C=C(C)[C@@H]1CC(N)[C@H]2CC[C@]3(C)[C@H](CC[C@@H]4[C@@]5(C)CC=C(c6ccc(C(=O)OC)c(F)c6)C(C)(C)[C@@H]5CC[C@]43C)[C@H]21. The summed E-state index contributed by atoms with van der Waals surface area (Å²) in [7, 11) is 1.29. The van der Waals surface area contributed by atoms with Crippen LogP contribution in [0.3, 0.4) is 0 Å². The normalized spacial score (nSPS) is 44.5. The zero-order valence-electron chi connectivity index (χ0n) is 26.5. The summed E-state index contributed by atoms with van der Waals surface area (Å²) in [5, 5.41) is 0. The van der Waals surface area contributed by atoms with Gasteiger partial charge in [-0.1, -0.05) is 58.9 Å². The van der Waals surface area contributed by atoms with Crippen molar-refractivity contribution in [1.82, 2.24) is 0 Å². The Morgan fingerprint density at radius 3 is 2.39 bits per heavy atom. The van der Waals surface area contributed by atoms with Gasteiger partial charge in [0.05, 0.1) is 12.7 Å². The highest BCUT2D eigenvalue weighted by atomic mass is 19.1. The molecule has 3 nitrogen and oxygen atoms in total. The number of carbonyl (C=O) groups is 1. The Kier molecular flexibility index (Phi) is 6.77. The van der Waals surface area contributed by atoms with E-state index in [-0.39, 0.29) is 16.4 Å². The number of methoxy groups -OCH3 is 1. The molecule has 2 N–H and O–H groups in total. The molecule has 5 aliphatic carbocycles. The maximum absolute atomic E-state index is 15.0. The summed E-state index contributed by atoms with van der Waals surface area (Å²) in [4.78, 5) is 12.0. The van der Waals surface area contributed by atoms with Gasteiger partial charge in [0.25, 0.3) is 0 Å². The molecule has 41 heavy (non-hydrogen) atoms. The van der Waals surface area contributed by atoms with Gasteiger partial charge in [0.2, 0.25) is 0 Å². The van der Waals surface area contributed by atoms with Gasteiger partial charge in [0.15, 0.2) is 0 Å². The number of hydrogen-bond donors (Lipinski definition) is 1. The minimum Gasteiger partial charge on any atom is -0.465 e. The van der Waals surface area contributed by atoms with Gasteiger partial charge in [0.1, 0.15) is 5.82 Å². The lowest BCUT2D eigenvalue weighted by molar-refractivity contribution is -0.215. The van der Waals surface area contributed by atoms with E-state index in [1.54, 1.807) is 12.1 Å². The summed E-state index contributed by atoms with van der Waals surface area (Å²) < 4.78 is 19.8. The summed E-state index contributed by atoms with van der Waals surface area (Å²) in [6.45, 7) is 19.4. The Morgan fingerprint density at radius 1 is 1.02 bits per heavy atom. The second-order valence-electron chi connectivity index (χ2n) is 16.0. The molecule has 1 unspecified atom stereocenters. The van der Waals surface area contributed by atoms with E-state index in [0.717, 1.165) is 24.3 Å². The smallest absolute Gasteiger partial charge is 0.340 e. The average molecular weight is 562 g/mol. The van der Waals surface area contributed by atoms with Crippen LogP contribution in [0, 0.1) is 63.0 Å². The first-order chi connectivity index (χ1) is 19.2. The lowest BCUT2D eigenvalue weighted by Gasteiger charge is -2.71. The molecule has 4 saturated carbocycles. The van der Waals surface area contributed by atoms with Crippen molar-refractivity contribution in [3.63, 3.8) is 0 Å². The van der Waals surface area contributed by atoms with E-state index in [0.29, 0.717) is 46.5 Å². The van der Waals surface area contributed by atoms with E-state index >= 15 is 4.39 Å². The summed E-state index contributed by atoms with van der Waals surface area (Å²) in [5.41, 5.74) is 11.0. The van der Waals surface area contributed by atoms with Crippen LogP contribution in [0.5, 0.6) is 0 Å². The number of carbonyl (C=O) groups excluding carboxylic acids is 1. The molecule has 224 valence electrons. The number of ether oxygens (including phenoxy) is 1. The average Bonchev–Trinajstić information content (AvgIpc) is 3.25. The molecule has 0 amide bonds. The molecular weight excluding hydrogens is 509 g/mol. The molecule has 0 spiro atoms. The highest BCUT2D eigenvalue weighted by molar-refractivity contribution is 5.90. The summed E-state index contributed by atoms with van der Waals surface area (Å²) in [6.07, 6.45) is 12.2. The van der Waals surface area contributed by atoms with E-state index in [2.05, 4.69) is 54.2 Å². The van der Waals surface area contributed by atoms with Crippen LogP contribution in [-0.4, -0.2) is 19.1 Å². The molecule has 6 rings (SSSR count). The Bertz CT molecular complexity index is 1300. The lowest BCUT2D eigenvalue weighted by Crippen LogP contribution is -2.64. The van der Waals surface area contributed by atoms with Crippen LogP contribution < -0.4 is 5.73 Å². The van der Waals surface area contributed by atoms with E-state index < -0.39 is 11.8 Å². The second-order valence-corrected chi connectivity index (χ2v) is 16.0. The molecule has 0 saturated heterocycles. The Morgan fingerprint density at radius 2 is 1.73 bits per heavy atom. The van der Waals surface area contributed by atoms with Crippen molar-refractivity contribution in [2.24, 2.45) is 62.9 Å². The molecule has 1 aromatic rings. The first-order valence-corrected chi connectivity index (χ1v) is 16.2. The minimum absolute atomic E-state index is 0.000526. The third kappa shape index (κ3) is 3.87. The molecule has 0 bridgehead atoms. The topological polar surface area (TPSA) is 52.3 Å². The monoisotopic (exact) mass is 561 g/mol. The summed E-state index contributed by atoms with van der Waals surface area (Å²) in [6, 6.07) is 5.38. The molecule has 0 aliphatic heterocycles. The van der Waals surface area contributed by atoms with Crippen LogP contribution in [0.4, 0.5) is 4.39 Å². The first-order valence-electron chi connectivity index (χ1n) is 16.2. The fourth-order valence-electron chi connectivity index (χ4n) is 12.3. The Hall–Kier alpha value is -1.94. The van der Waals surface area contributed by atoms with Crippen molar-refractivity contribution >= 4 is 11.5 Å². The van der Waals surface area contributed by atoms with Crippen LogP contribution in [-0.2, 0) is 4.74 Å². The van der Waals surface area contributed by atoms with Gasteiger partial charge in [0, 0.05) is 6.04 Å². The van der Waals surface area contributed by atoms with Crippen molar-refractivity contribution in [1.29, 1.82) is 0 Å². The van der Waals surface area contributed by atoms with Crippen LogP contribution in [0.15, 0.2) is 36.4 Å². The Labute approximate surface area is 247 Å². The van der Waals surface area contributed by atoms with E-state index in [1.165, 1.54) is 56.8 Å². The standard InChI is InChI=1S/C37H52FNO2/c1-21(2)25-20-29(39)24-13-17-36(6)27(32(24)25)11-12-31-35(5)16-14-26(34(3,4)30(35)15-18-37(31,36)7)22-9-10-23(28(38)19-22)33(40)41-8/h9-10,14,19,24-25,27,29-32H,1,11-13,15-18,20,39H2,2-8H3/t24-,25+,27-,29?,30+,31-,32-,35+,36-,37-/m1/s1. The quantitative estimate of drug-likeness (QED) is 0.296. The van der Waals surface area contributed by atoms with Crippen molar-refractivity contribution in [2.45, 2.75) is 99.0 Å².